The van der Waals surface area contributed by atoms with E-state index in [9.17, 15) is 4.79 Å². The zero-order valence-corrected chi connectivity index (χ0v) is 15.0. The van der Waals surface area contributed by atoms with E-state index in [1.165, 1.54) is 0 Å². The molecule has 26 heavy (non-hydrogen) atoms. The molecule has 1 unspecified atom stereocenters. The van der Waals surface area contributed by atoms with Crippen LogP contribution in [0.2, 0.25) is 0 Å². The molecular formula is C18H21N7O. The lowest BCUT2D eigenvalue weighted by molar-refractivity contribution is -0.134. The monoisotopic (exact) mass is 351 g/mol. The third-order valence-electron chi connectivity index (χ3n) is 4.97. The predicted molar refractivity (Wildman–Crippen MR) is 96.6 cm³/mol. The van der Waals surface area contributed by atoms with Crippen LogP contribution >= 0.6 is 0 Å². The summed E-state index contributed by atoms with van der Waals surface area (Å²) in [5.41, 5.74) is 1.26. The van der Waals surface area contributed by atoms with E-state index in [-0.39, 0.29) is 17.9 Å². The van der Waals surface area contributed by atoms with Crippen LogP contribution in [0, 0.1) is 12.5 Å². The van der Waals surface area contributed by atoms with Crippen LogP contribution in [0.4, 0.5) is 11.5 Å². The van der Waals surface area contributed by atoms with Crippen molar-refractivity contribution in [2.24, 2.45) is 13.0 Å². The number of aryl methyl sites for hydroxylation is 1. The van der Waals surface area contributed by atoms with E-state index in [2.05, 4.69) is 31.7 Å². The summed E-state index contributed by atoms with van der Waals surface area (Å²) < 4.78 is 1.70. The van der Waals surface area contributed by atoms with Crippen molar-refractivity contribution in [1.29, 1.82) is 0 Å². The van der Waals surface area contributed by atoms with Crippen LogP contribution in [0.3, 0.4) is 0 Å². The highest BCUT2D eigenvalue weighted by Crippen LogP contribution is 2.34. The standard InChI is InChI=1S/C18H21N7O/c1-12-10-24(6-7-25(12)18(26)13-4-5-13)17-15(19-2)9-20-16(22-17)14-8-21-23(3)11-14/h8-9,11-13H,4-7,10H2,1,3H3. The van der Waals surface area contributed by atoms with E-state index < -0.39 is 0 Å². The number of carbonyl (C=O) groups excluding carboxylic acids is 1. The van der Waals surface area contributed by atoms with Crippen molar-refractivity contribution in [3.05, 3.63) is 30.0 Å². The Hall–Kier alpha value is -2.95. The molecule has 1 amide bonds. The van der Waals surface area contributed by atoms with Gasteiger partial charge in [-0.15, -0.1) is 0 Å². The van der Waals surface area contributed by atoms with Gasteiger partial charge >= 0.3 is 0 Å². The molecule has 2 aromatic heterocycles. The van der Waals surface area contributed by atoms with Crippen molar-refractivity contribution < 1.29 is 4.79 Å². The molecule has 1 atom stereocenters. The number of carbonyl (C=O) groups is 1. The summed E-state index contributed by atoms with van der Waals surface area (Å²) in [5, 5.41) is 4.16. The van der Waals surface area contributed by atoms with Gasteiger partial charge in [-0.2, -0.15) is 5.10 Å². The summed E-state index contributed by atoms with van der Waals surface area (Å²) in [5.74, 6) is 1.71. The summed E-state index contributed by atoms with van der Waals surface area (Å²) in [6, 6.07) is 0.104. The fourth-order valence-corrected chi connectivity index (χ4v) is 3.40. The van der Waals surface area contributed by atoms with Gasteiger partial charge in [0.1, 0.15) is 5.82 Å². The van der Waals surface area contributed by atoms with Gasteiger partial charge in [0.2, 0.25) is 11.6 Å². The molecule has 3 heterocycles. The number of aromatic nitrogens is 4. The number of hydrogen-bond donors (Lipinski definition) is 0. The average Bonchev–Trinajstić information content (AvgIpc) is 3.41. The minimum Gasteiger partial charge on any atom is -0.361 e. The van der Waals surface area contributed by atoms with Crippen molar-refractivity contribution in [3.63, 3.8) is 0 Å². The lowest BCUT2D eigenvalue weighted by atomic mass is 10.1. The molecule has 2 aliphatic rings. The van der Waals surface area contributed by atoms with E-state index in [4.69, 9.17) is 6.57 Å². The van der Waals surface area contributed by atoms with E-state index in [0.717, 1.165) is 18.4 Å². The molecular weight excluding hydrogens is 330 g/mol. The molecule has 0 aromatic carbocycles. The van der Waals surface area contributed by atoms with E-state index >= 15 is 0 Å². The van der Waals surface area contributed by atoms with E-state index in [1.807, 2.05) is 18.1 Å². The van der Waals surface area contributed by atoms with Crippen molar-refractivity contribution in [2.75, 3.05) is 24.5 Å². The Morgan fingerprint density at radius 1 is 1.31 bits per heavy atom. The Kier molecular flexibility index (Phi) is 4.07. The normalized spacial score (nSPS) is 20.1. The third kappa shape index (κ3) is 3.01. The Morgan fingerprint density at radius 3 is 2.73 bits per heavy atom. The van der Waals surface area contributed by atoms with E-state index in [0.29, 0.717) is 37.0 Å². The molecule has 2 aromatic rings. The molecule has 1 saturated carbocycles. The maximum atomic E-state index is 12.4. The van der Waals surface area contributed by atoms with Gasteiger partial charge in [0.25, 0.3) is 0 Å². The summed E-state index contributed by atoms with van der Waals surface area (Å²) in [7, 11) is 1.84. The molecule has 0 N–H and O–H groups in total. The summed E-state index contributed by atoms with van der Waals surface area (Å²) >= 11 is 0. The maximum Gasteiger partial charge on any atom is 0.246 e. The highest BCUT2D eigenvalue weighted by molar-refractivity contribution is 5.81. The quantitative estimate of drug-likeness (QED) is 0.790. The number of rotatable bonds is 3. The second-order valence-corrected chi connectivity index (χ2v) is 7.02. The lowest BCUT2D eigenvalue weighted by Crippen LogP contribution is -2.54. The number of piperazine rings is 1. The highest BCUT2D eigenvalue weighted by atomic mass is 16.2. The highest BCUT2D eigenvalue weighted by Gasteiger charge is 2.37. The van der Waals surface area contributed by atoms with Crippen molar-refractivity contribution in [3.8, 4) is 11.4 Å². The number of amides is 1. The van der Waals surface area contributed by atoms with E-state index in [1.54, 1.807) is 17.1 Å². The van der Waals surface area contributed by atoms with Crippen LogP contribution in [0.1, 0.15) is 19.8 Å². The molecule has 8 heteroatoms. The van der Waals surface area contributed by atoms with Gasteiger partial charge < -0.3 is 9.80 Å². The summed E-state index contributed by atoms with van der Waals surface area (Å²) in [4.78, 5) is 29.0. The summed E-state index contributed by atoms with van der Waals surface area (Å²) in [6.45, 7) is 11.5. The van der Waals surface area contributed by atoms with Gasteiger partial charge in [-0.25, -0.2) is 14.8 Å². The maximum absolute atomic E-state index is 12.4. The van der Waals surface area contributed by atoms with Gasteiger partial charge in [0.05, 0.1) is 18.3 Å². The largest absolute Gasteiger partial charge is 0.361 e. The van der Waals surface area contributed by atoms with Crippen molar-refractivity contribution in [2.45, 2.75) is 25.8 Å². The van der Waals surface area contributed by atoms with Crippen molar-refractivity contribution in [1.82, 2.24) is 24.6 Å². The van der Waals surface area contributed by atoms with Crippen LogP contribution < -0.4 is 4.90 Å². The second-order valence-electron chi connectivity index (χ2n) is 7.02. The molecule has 4 rings (SSSR count). The van der Waals surface area contributed by atoms with Gasteiger partial charge in [-0.1, -0.05) is 0 Å². The molecule has 1 aliphatic heterocycles. The zero-order chi connectivity index (χ0) is 18.3. The minimum absolute atomic E-state index is 0.104. The fourth-order valence-electron chi connectivity index (χ4n) is 3.40. The number of nitrogens with zero attached hydrogens (tertiary/aromatic N) is 7. The molecule has 134 valence electrons. The Bertz CT molecular complexity index is 880. The first-order valence-corrected chi connectivity index (χ1v) is 8.85. The van der Waals surface area contributed by atoms with Gasteiger partial charge in [0.15, 0.2) is 5.82 Å². The molecule has 0 radical (unpaired) electrons. The zero-order valence-electron chi connectivity index (χ0n) is 15.0. The first kappa shape index (κ1) is 16.5. The smallest absolute Gasteiger partial charge is 0.246 e. The minimum atomic E-state index is 0.104. The summed E-state index contributed by atoms with van der Waals surface area (Å²) in [6.07, 6.45) is 7.18. The Balaban J connectivity index is 1.58. The van der Waals surface area contributed by atoms with Gasteiger partial charge in [-0.3, -0.25) is 9.48 Å². The number of hydrogen-bond acceptors (Lipinski definition) is 5. The van der Waals surface area contributed by atoms with Crippen LogP contribution in [0.25, 0.3) is 16.2 Å². The third-order valence-corrected chi connectivity index (χ3v) is 4.97. The van der Waals surface area contributed by atoms with Gasteiger partial charge in [0, 0.05) is 51.0 Å². The molecule has 8 nitrogen and oxygen atoms in total. The molecule has 2 fully saturated rings. The average molecular weight is 351 g/mol. The topological polar surface area (TPSA) is 71.5 Å². The van der Waals surface area contributed by atoms with Gasteiger partial charge in [-0.05, 0) is 19.8 Å². The second kappa shape index (κ2) is 6.41. The Morgan fingerprint density at radius 2 is 2.12 bits per heavy atom. The fraction of sp³-hybridized carbons (Fsp3) is 0.500. The van der Waals surface area contributed by atoms with Crippen molar-refractivity contribution >= 4 is 17.4 Å². The molecule has 0 bridgehead atoms. The van der Waals surface area contributed by atoms with Crippen LogP contribution in [0.15, 0.2) is 18.6 Å². The van der Waals surface area contributed by atoms with Crippen LogP contribution in [-0.2, 0) is 11.8 Å². The predicted octanol–water partition coefficient (Wildman–Crippen LogP) is 1.87. The Labute approximate surface area is 152 Å². The van der Waals surface area contributed by atoms with Crippen LogP contribution in [-0.4, -0.2) is 56.2 Å². The molecule has 1 aliphatic carbocycles. The molecule has 0 spiro atoms. The van der Waals surface area contributed by atoms with Crippen LogP contribution in [0.5, 0.6) is 0 Å². The lowest BCUT2D eigenvalue weighted by Gasteiger charge is -2.41. The SMILES string of the molecule is [C-]#[N+]c1cnc(-c2cnn(C)c2)nc1N1CCN(C(=O)C2CC2)C(C)C1. The first-order valence-electron chi connectivity index (χ1n) is 8.85. The molecule has 1 saturated heterocycles. The first-order chi connectivity index (χ1) is 12.6. The number of anilines is 1.